The van der Waals surface area contributed by atoms with Crippen molar-refractivity contribution in [1.29, 1.82) is 5.26 Å². The molecule has 1 saturated heterocycles. The van der Waals surface area contributed by atoms with Gasteiger partial charge in [-0.1, -0.05) is 20.8 Å². The van der Waals surface area contributed by atoms with E-state index in [1.54, 1.807) is 0 Å². The lowest BCUT2D eigenvalue weighted by Crippen LogP contribution is -2.40. The molecule has 1 aliphatic rings. The van der Waals surface area contributed by atoms with Gasteiger partial charge in [0.25, 0.3) is 0 Å². The van der Waals surface area contributed by atoms with Crippen molar-refractivity contribution < 1.29 is 9.90 Å². The SMILES string of the molecule is CN1C(C(=O)O)CC(C#N)C1CC(C)(C)C. The van der Waals surface area contributed by atoms with E-state index in [9.17, 15) is 4.79 Å². The molecule has 0 amide bonds. The van der Waals surface area contributed by atoms with Crippen LogP contribution in [0.4, 0.5) is 0 Å². The fourth-order valence-electron chi connectivity index (χ4n) is 2.41. The Morgan fingerprint density at radius 3 is 2.50 bits per heavy atom. The molecule has 3 atom stereocenters. The zero-order valence-electron chi connectivity index (χ0n) is 10.4. The topological polar surface area (TPSA) is 64.3 Å². The van der Waals surface area contributed by atoms with Crippen LogP contribution < -0.4 is 0 Å². The van der Waals surface area contributed by atoms with Crippen molar-refractivity contribution in [3.63, 3.8) is 0 Å². The lowest BCUT2D eigenvalue weighted by atomic mass is 9.84. The Morgan fingerprint density at radius 1 is 1.56 bits per heavy atom. The minimum absolute atomic E-state index is 0.0612. The minimum atomic E-state index is -0.820. The van der Waals surface area contributed by atoms with Crippen LogP contribution in [0.5, 0.6) is 0 Å². The number of hydrogen-bond acceptors (Lipinski definition) is 3. The molecule has 0 radical (unpaired) electrons. The zero-order valence-corrected chi connectivity index (χ0v) is 10.4. The van der Waals surface area contributed by atoms with Crippen molar-refractivity contribution in [2.75, 3.05) is 7.05 Å². The standard InChI is InChI=1S/C12H20N2O2/c1-12(2,3)6-10-8(7-13)5-9(11(15)16)14(10)4/h8-10H,5-6H2,1-4H3,(H,15,16). The van der Waals surface area contributed by atoms with E-state index in [2.05, 4.69) is 26.8 Å². The van der Waals surface area contributed by atoms with Crippen molar-refractivity contribution in [2.45, 2.75) is 45.7 Å². The molecule has 1 rings (SSSR count). The summed E-state index contributed by atoms with van der Waals surface area (Å²) in [5.41, 5.74) is 0.113. The van der Waals surface area contributed by atoms with Gasteiger partial charge in [0.2, 0.25) is 0 Å². The van der Waals surface area contributed by atoms with Crippen LogP contribution in [0.3, 0.4) is 0 Å². The molecular formula is C12H20N2O2. The van der Waals surface area contributed by atoms with Gasteiger partial charge in [0.15, 0.2) is 0 Å². The van der Waals surface area contributed by atoms with Gasteiger partial charge < -0.3 is 5.11 Å². The summed E-state index contributed by atoms with van der Waals surface area (Å²) in [4.78, 5) is 12.9. The number of carboxylic acids is 1. The predicted octanol–water partition coefficient (Wildman–Crippen LogP) is 1.72. The molecule has 0 aromatic carbocycles. The van der Waals surface area contributed by atoms with Crippen LogP contribution >= 0.6 is 0 Å². The summed E-state index contributed by atoms with van der Waals surface area (Å²) >= 11 is 0. The largest absolute Gasteiger partial charge is 0.480 e. The molecule has 0 aliphatic carbocycles. The lowest BCUT2D eigenvalue weighted by molar-refractivity contribution is -0.142. The molecule has 0 bridgehead atoms. The summed E-state index contributed by atoms with van der Waals surface area (Å²) < 4.78 is 0. The average Bonchev–Trinajstić information content (AvgIpc) is 2.42. The number of carbonyl (C=O) groups is 1. The van der Waals surface area contributed by atoms with Crippen LogP contribution in [0.25, 0.3) is 0 Å². The van der Waals surface area contributed by atoms with Crippen LogP contribution in [0.15, 0.2) is 0 Å². The molecule has 1 heterocycles. The van der Waals surface area contributed by atoms with Gasteiger partial charge in [-0.2, -0.15) is 5.26 Å². The fraction of sp³-hybridized carbons (Fsp3) is 0.833. The van der Waals surface area contributed by atoms with Crippen LogP contribution in [0, 0.1) is 22.7 Å². The molecular weight excluding hydrogens is 204 g/mol. The van der Waals surface area contributed by atoms with E-state index in [1.165, 1.54) is 0 Å². The third-order valence-corrected chi connectivity index (χ3v) is 3.23. The first kappa shape index (κ1) is 13.0. The highest BCUT2D eigenvalue weighted by atomic mass is 16.4. The monoisotopic (exact) mass is 224 g/mol. The highest BCUT2D eigenvalue weighted by Crippen LogP contribution is 2.35. The summed E-state index contributed by atoms with van der Waals surface area (Å²) in [5, 5.41) is 18.1. The van der Waals surface area contributed by atoms with E-state index in [-0.39, 0.29) is 17.4 Å². The second kappa shape index (κ2) is 4.42. The van der Waals surface area contributed by atoms with Crippen LogP contribution in [0.2, 0.25) is 0 Å². The maximum absolute atomic E-state index is 11.0. The molecule has 4 heteroatoms. The van der Waals surface area contributed by atoms with Gasteiger partial charge >= 0.3 is 5.97 Å². The summed E-state index contributed by atoms with van der Waals surface area (Å²) in [7, 11) is 1.81. The van der Waals surface area contributed by atoms with Crippen molar-refractivity contribution in [3.8, 4) is 6.07 Å². The number of likely N-dealkylation sites (tertiary alicyclic amines) is 1. The Balaban J connectivity index is 2.83. The quantitative estimate of drug-likeness (QED) is 0.775. The van der Waals surface area contributed by atoms with Crippen molar-refractivity contribution >= 4 is 5.97 Å². The summed E-state index contributed by atoms with van der Waals surface area (Å²) in [6.45, 7) is 6.34. The zero-order chi connectivity index (χ0) is 12.5. The molecule has 90 valence electrons. The molecule has 3 unspecified atom stereocenters. The summed E-state index contributed by atoms with van der Waals surface area (Å²) in [6.07, 6.45) is 1.30. The van der Waals surface area contributed by atoms with E-state index in [0.29, 0.717) is 6.42 Å². The molecule has 0 saturated carbocycles. The summed E-state index contributed by atoms with van der Waals surface area (Å²) in [6, 6.07) is 1.81. The second-order valence-corrected chi connectivity index (χ2v) is 5.82. The van der Waals surface area contributed by atoms with Crippen LogP contribution in [-0.4, -0.2) is 35.1 Å². The van der Waals surface area contributed by atoms with Gasteiger partial charge in [0.05, 0.1) is 12.0 Å². The number of nitrogens with zero attached hydrogens (tertiary/aromatic N) is 2. The molecule has 0 aromatic rings. The van der Waals surface area contributed by atoms with E-state index in [0.717, 1.165) is 6.42 Å². The number of aliphatic carboxylic acids is 1. The Hall–Kier alpha value is -1.08. The average molecular weight is 224 g/mol. The van der Waals surface area contributed by atoms with Crippen LogP contribution in [-0.2, 0) is 4.79 Å². The number of rotatable bonds is 2. The Kier molecular flexibility index (Phi) is 3.59. The highest BCUT2D eigenvalue weighted by molar-refractivity contribution is 5.74. The van der Waals surface area contributed by atoms with E-state index in [4.69, 9.17) is 10.4 Å². The van der Waals surface area contributed by atoms with Gasteiger partial charge in [0, 0.05) is 6.04 Å². The summed E-state index contributed by atoms with van der Waals surface area (Å²) in [5.74, 6) is -0.982. The first-order chi connectivity index (χ1) is 7.26. The highest BCUT2D eigenvalue weighted by Gasteiger charge is 2.43. The normalized spacial score (nSPS) is 31.3. The number of hydrogen-bond donors (Lipinski definition) is 1. The molecule has 0 spiro atoms. The number of nitriles is 1. The minimum Gasteiger partial charge on any atom is -0.480 e. The number of likely N-dealkylation sites (N-methyl/N-ethyl adjacent to an activating group) is 1. The maximum atomic E-state index is 11.0. The Bertz CT molecular complexity index is 314. The smallest absolute Gasteiger partial charge is 0.320 e. The van der Waals surface area contributed by atoms with Gasteiger partial charge in [-0.15, -0.1) is 0 Å². The molecule has 1 fully saturated rings. The molecule has 0 aromatic heterocycles. The van der Waals surface area contributed by atoms with Crippen molar-refractivity contribution in [1.82, 2.24) is 4.90 Å². The molecule has 16 heavy (non-hydrogen) atoms. The second-order valence-electron chi connectivity index (χ2n) is 5.82. The van der Waals surface area contributed by atoms with E-state index >= 15 is 0 Å². The van der Waals surface area contributed by atoms with Crippen molar-refractivity contribution in [3.05, 3.63) is 0 Å². The molecule has 4 nitrogen and oxygen atoms in total. The third-order valence-electron chi connectivity index (χ3n) is 3.23. The van der Waals surface area contributed by atoms with Gasteiger partial charge in [-0.3, -0.25) is 9.69 Å². The molecule has 1 N–H and O–H groups in total. The maximum Gasteiger partial charge on any atom is 0.320 e. The Morgan fingerprint density at radius 2 is 2.12 bits per heavy atom. The van der Waals surface area contributed by atoms with Gasteiger partial charge in [-0.05, 0) is 25.3 Å². The lowest BCUT2D eigenvalue weighted by Gasteiger charge is -2.30. The first-order valence-electron chi connectivity index (χ1n) is 5.60. The van der Waals surface area contributed by atoms with E-state index < -0.39 is 12.0 Å². The fourth-order valence-corrected chi connectivity index (χ4v) is 2.41. The first-order valence-corrected chi connectivity index (χ1v) is 5.60. The van der Waals surface area contributed by atoms with Gasteiger partial charge in [-0.25, -0.2) is 0 Å². The van der Waals surface area contributed by atoms with Crippen molar-refractivity contribution in [2.24, 2.45) is 11.3 Å². The van der Waals surface area contributed by atoms with E-state index in [1.807, 2.05) is 11.9 Å². The Labute approximate surface area is 96.9 Å². The predicted molar refractivity (Wildman–Crippen MR) is 60.8 cm³/mol. The molecule has 1 aliphatic heterocycles. The van der Waals surface area contributed by atoms with Gasteiger partial charge in [0.1, 0.15) is 6.04 Å². The van der Waals surface area contributed by atoms with Crippen LogP contribution in [0.1, 0.15) is 33.6 Å². The third kappa shape index (κ3) is 2.73. The number of carboxylic acid groups (broad SMARTS) is 1.